The maximum atomic E-state index is 13.6. The van der Waals surface area contributed by atoms with Crippen LogP contribution < -0.4 is 5.43 Å². The van der Waals surface area contributed by atoms with Gasteiger partial charge < -0.3 is 14.2 Å². The van der Waals surface area contributed by atoms with Crippen LogP contribution in [0.15, 0.2) is 45.6 Å². The van der Waals surface area contributed by atoms with Crippen LogP contribution in [0.4, 0.5) is 0 Å². The predicted molar refractivity (Wildman–Crippen MR) is 124 cm³/mol. The molecule has 1 amide bonds. The van der Waals surface area contributed by atoms with E-state index >= 15 is 0 Å². The molecule has 1 aliphatic heterocycles. The number of amides is 1. The highest BCUT2D eigenvalue weighted by molar-refractivity contribution is 5.99. The topological polar surface area (TPSA) is 53.8 Å². The average molecular weight is 419 g/mol. The SMILES string of the molecule is CCN(CC)CCN1C(=O)c2oc3cc(C)c(C)cc3c(=O)c2[C@@H]1c1ccc(C)cc1. The van der Waals surface area contributed by atoms with Crippen molar-refractivity contribution in [2.45, 2.75) is 40.7 Å². The van der Waals surface area contributed by atoms with Gasteiger partial charge in [0.2, 0.25) is 5.76 Å². The fraction of sp³-hybridized carbons (Fsp3) is 0.385. The molecular weight excluding hydrogens is 388 g/mol. The molecule has 0 bridgehead atoms. The van der Waals surface area contributed by atoms with Crippen LogP contribution in [0.1, 0.15) is 58.3 Å². The van der Waals surface area contributed by atoms with Gasteiger partial charge in [0.1, 0.15) is 5.58 Å². The van der Waals surface area contributed by atoms with Gasteiger partial charge in [0.25, 0.3) is 5.91 Å². The van der Waals surface area contributed by atoms with E-state index in [-0.39, 0.29) is 17.1 Å². The van der Waals surface area contributed by atoms with Gasteiger partial charge in [-0.25, -0.2) is 0 Å². The molecule has 0 N–H and O–H groups in total. The van der Waals surface area contributed by atoms with Crippen LogP contribution in [0.3, 0.4) is 0 Å². The minimum Gasteiger partial charge on any atom is -0.450 e. The summed E-state index contributed by atoms with van der Waals surface area (Å²) in [5, 5.41) is 0.539. The third-order valence-electron chi connectivity index (χ3n) is 6.53. The first-order chi connectivity index (χ1) is 14.8. The molecule has 31 heavy (non-hydrogen) atoms. The van der Waals surface area contributed by atoms with Gasteiger partial charge in [0.05, 0.1) is 17.0 Å². The fourth-order valence-electron chi connectivity index (χ4n) is 4.39. The third-order valence-corrected chi connectivity index (χ3v) is 6.53. The van der Waals surface area contributed by atoms with Crippen molar-refractivity contribution in [2.24, 2.45) is 0 Å². The Morgan fingerprint density at radius 3 is 2.26 bits per heavy atom. The zero-order chi connectivity index (χ0) is 22.3. The minimum atomic E-state index is -0.430. The summed E-state index contributed by atoms with van der Waals surface area (Å²) in [5.74, 6) is -0.0177. The Bertz CT molecular complexity index is 1190. The molecule has 0 saturated heterocycles. The van der Waals surface area contributed by atoms with Crippen LogP contribution >= 0.6 is 0 Å². The van der Waals surface area contributed by atoms with E-state index in [9.17, 15) is 9.59 Å². The van der Waals surface area contributed by atoms with E-state index < -0.39 is 6.04 Å². The fourth-order valence-corrected chi connectivity index (χ4v) is 4.39. The number of hydrogen-bond donors (Lipinski definition) is 0. The van der Waals surface area contributed by atoms with E-state index in [2.05, 4.69) is 18.7 Å². The highest BCUT2D eigenvalue weighted by Gasteiger charge is 2.42. The molecule has 1 aromatic heterocycles. The first kappa shape index (κ1) is 21.3. The van der Waals surface area contributed by atoms with E-state index in [0.29, 0.717) is 23.1 Å². The zero-order valence-corrected chi connectivity index (χ0v) is 19.0. The number of fused-ring (bicyclic) bond motifs is 2. The van der Waals surface area contributed by atoms with Crippen LogP contribution in [0.25, 0.3) is 11.0 Å². The molecule has 0 aliphatic carbocycles. The van der Waals surface area contributed by atoms with Crippen molar-refractivity contribution >= 4 is 16.9 Å². The maximum absolute atomic E-state index is 13.6. The number of carbonyl (C=O) groups excluding carboxylic acids is 1. The maximum Gasteiger partial charge on any atom is 0.290 e. The molecule has 162 valence electrons. The van der Waals surface area contributed by atoms with Gasteiger partial charge in [-0.2, -0.15) is 0 Å². The Morgan fingerprint density at radius 1 is 0.968 bits per heavy atom. The largest absolute Gasteiger partial charge is 0.450 e. The molecule has 0 fully saturated rings. The lowest BCUT2D eigenvalue weighted by Crippen LogP contribution is -2.37. The number of aryl methyl sites for hydroxylation is 3. The van der Waals surface area contributed by atoms with Crippen molar-refractivity contribution < 1.29 is 9.21 Å². The Morgan fingerprint density at radius 2 is 1.61 bits per heavy atom. The molecule has 0 radical (unpaired) electrons. The Hall–Kier alpha value is -2.92. The van der Waals surface area contributed by atoms with Crippen molar-refractivity contribution in [2.75, 3.05) is 26.2 Å². The lowest BCUT2D eigenvalue weighted by atomic mass is 9.97. The van der Waals surface area contributed by atoms with Gasteiger partial charge in [-0.1, -0.05) is 43.7 Å². The van der Waals surface area contributed by atoms with Gasteiger partial charge in [-0.3, -0.25) is 9.59 Å². The van der Waals surface area contributed by atoms with E-state index in [4.69, 9.17) is 4.42 Å². The number of nitrogens with zero attached hydrogens (tertiary/aromatic N) is 2. The molecule has 3 aromatic rings. The van der Waals surface area contributed by atoms with Crippen LogP contribution in [-0.4, -0.2) is 41.9 Å². The second kappa shape index (κ2) is 8.31. The Kier molecular flexibility index (Phi) is 5.71. The molecule has 0 saturated carbocycles. The lowest BCUT2D eigenvalue weighted by Gasteiger charge is -2.28. The summed E-state index contributed by atoms with van der Waals surface area (Å²) >= 11 is 0. The summed E-state index contributed by atoms with van der Waals surface area (Å²) in [5.41, 5.74) is 4.98. The normalized spacial score (nSPS) is 15.9. The molecule has 1 atom stereocenters. The lowest BCUT2D eigenvalue weighted by molar-refractivity contribution is 0.0708. The second-order valence-electron chi connectivity index (χ2n) is 8.45. The predicted octanol–water partition coefficient (Wildman–Crippen LogP) is 4.61. The summed E-state index contributed by atoms with van der Waals surface area (Å²) in [6.45, 7) is 13.4. The summed E-state index contributed by atoms with van der Waals surface area (Å²) in [7, 11) is 0. The number of rotatable bonds is 6. The quantitative estimate of drug-likeness (QED) is 0.587. The van der Waals surface area contributed by atoms with Gasteiger partial charge in [-0.15, -0.1) is 0 Å². The van der Waals surface area contributed by atoms with Crippen LogP contribution in [-0.2, 0) is 0 Å². The standard InChI is InChI=1S/C26H30N2O3/c1-6-27(7-2)12-13-28-23(19-10-8-16(3)9-11-19)22-24(29)20-14-17(4)18(5)15-21(20)31-25(22)26(28)30/h8-11,14-15,23H,6-7,12-13H2,1-5H3/t23-/m0/s1. The molecule has 2 heterocycles. The molecule has 4 rings (SSSR count). The van der Waals surface area contributed by atoms with Crippen LogP contribution in [0.2, 0.25) is 0 Å². The molecular formula is C26H30N2O3. The summed E-state index contributed by atoms with van der Waals surface area (Å²) in [6, 6.07) is 11.4. The first-order valence-corrected chi connectivity index (χ1v) is 11.0. The molecule has 1 aliphatic rings. The summed E-state index contributed by atoms with van der Waals surface area (Å²) in [4.78, 5) is 31.2. The van der Waals surface area contributed by atoms with Crippen molar-refractivity contribution in [1.29, 1.82) is 0 Å². The number of carbonyl (C=O) groups is 1. The third kappa shape index (κ3) is 3.68. The van der Waals surface area contributed by atoms with Crippen molar-refractivity contribution in [3.05, 3.63) is 80.2 Å². The van der Waals surface area contributed by atoms with E-state index in [1.165, 1.54) is 0 Å². The van der Waals surface area contributed by atoms with E-state index in [0.717, 1.165) is 41.9 Å². The van der Waals surface area contributed by atoms with Crippen molar-refractivity contribution in [1.82, 2.24) is 9.80 Å². The van der Waals surface area contributed by atoms with Gasteiger partial charge in [-0.05, 0) is 62.7 Å². The Labute approximate surface area is 183 Å². The number of hydrogen-bond acceptors (Lipinski definition) is 4. The number of likely N-dealkylation sites (N-methyl/N-ethyl adjacent to an activating group) is 1. The molecule has 2 aromatic carbocycles. The van der Waals surface area contributed by atoms with Gasteiger partial charge in [0.15, 0.2) is 5.43 Å². The van der Waals surface area contributed by atoms with E-state index in [1.54, 1.807) is 4.90 Å². The van der Waals surface area contributed by atoms with Crippen molar-refractivity contribution in [3.8, 4) is 0 Å². The van der Waals surface area contributed by atoms with Crippen LogP contribution in [0, 0.1) is 20.8 Å². The van der Waals surface area contributed by atoms with Gasteiger partial charge >= 0.3 is 0 Å². The summed E-state index contributed by atoms with van der Waals surface area (Å²) < 4.78 is 6.09. The monoisotopic (exact) mass is 418 g/mol. The van der Waals surface area contributed by atoms with Crippen LogP contribution in [0.5, 0.6) is 0 Å². The molecule has 0 spiro atoms. The minimum absolute atomic E-state index is 0.108. The van der Waals surface area contributed by atoms with Gasteiger partial charge in [0, 0.05) is 13.1 Å². The highest BCUT2D eigenvalue weighted by atomic mass is 16.3. The zero-order valence-electron chi connectivity index (χ0n) is 19.0. The number of benzene rings is 2. The Balaban J connectivity index is 1.89. The average Bonchev–Trinajstić information content (AvgIpc) is 3.03. The smallest absolute Gasteiger partial charge is 0.290 e. The second-order valence-corrected chi connectivity index (χ2v) is 8.45. The highest BCUT2D eigenvalue weighted by Crippen LogP contribution is 2.38. The first-order valence-electron chi connectivity index (χ1n) is 11.0. The molecule has 5 heteroatoms. The van der Waals surface area contributed by atoms with Crippen molar-refractivity contribution in [3.63, 3.8) is 0 Å². The molecule has 0 unspecified atom stereocenters. The summed E-state index contributed by atoms with van der Waals surface area (Å²) in [6.07, 6.45) is 0. The van der Waals surface area contributed by atoms with E-state index in [1.807, 2.05) is 57.2 Å². The molecule has 5 nitrogen and oxygen atoms in total.